The van der Waals surface area contributed by atoms with Crippen molar-refractivity contribution >= 4 is 21.8 Å². The molecule has 98 valence electrons. The molecule has 1 saturated heterocycles. The SMILES string of the molecule is CC(O)C1CCN(C(=O)Cc2cccc(Br)c2)C1. The lowest BCUT2D eigenvalue weighted by Gasteiger charge is -2.17. The predicted octanol–water partition coefficient (Wildman–Crippen LogP) is 2.22. The first kappa shape index (κ1) is 13.6. The molecule has 0 radical (unpaired) electrons. The summed E-state index contributed by atoms with van der Waals surface area (Å²) in [5.74, 6) is 0.382. The molecule has 0 aromatic heterocycles. The van der Waals surface area contributed by atoms with E-state index in [0.717, 1.165) is 23.0 Å². The summed E-state index contributed by atoms with van der Waals surface area (Å²) in [5, 5.41) is 9.53. The van der Waals surface area contributed by atoms with Gasteiger partial charge in [0.15, 0.2) is 0 Å². The van der Waals surface area contributed by atoms with E-state index in [4.69, 9.17) is 0 Å². The van der Waals surface area contributed by atoms with Gasteiger partial charge in [0.05, 0.1) is 12.5 Å². The van der Waals surface area contributed by atoms with Crippen LogP contribution in [0.4, 0.5) is 0 Å². The minimum absolute atomic E-state index is 0.149. The number of aliphatic hydroxyl groups excluding tert-OH is 1. The number of hydrogen-bond donors (Lipinski definition) is 1. The van der Waals surface area contributed by atoms with Crippen LogP contribution in [0.5, 0.6) is 0 Å². The maximum atomic E-state index is 12.1. The fourth-order valence-electron chi connectivity index (χ4n) is 2.34. The Hall–Kier alpha value is -0.870. The molecule has 1 aromatic rings. The summed E-state index contributed by atoms with van der Waals surface area (Å²) < 4.78 is 0.996. The van der Waals surface area contributed by atoms with Gasteiger partial charge in [-0.25, -0.2) is 0 Å². The van der Waals surface area contributed by atoms with Crippen LogP contribution in [0.1, 0.15) is 18.9 Å². The summed E-state index contributed by atoms with van der Waals surface area (Å²) in [6, 6.07) is 7.83. The van der Waals surface area contributed by atoms with E-state index in [9.17, 15) is 9.90 Å². The van der Waals surface area contributed by atoms with E-state index < -0.39 is 0 Å². The van der Waals surface area contributed by atoms with Crippen molar-refractivity contribution in [2.75, 3.05) is 13.1 Å². The zero-order valence-electron chi connectivity index (χ0n) is 10.5. The van der Waals surface area contributed by atoms with Crippen LogP contribution < -0.4 is 0 Å². The number of halogens is 1. The van der Waals surface area contributed by atoms with Gasteiger partial charge >= 0.3 is 0 Å². The molecule has 2 rings (SSSR count). The first-order chi connectivity index (χ1) is 8.56. The summed E-state index contributed by atoms with van der Waals surface area (Å²) in [5.41, 5.74) is 1.02. The van der Waals surface area contributed by atoms with Gasteiger partial charge in [-0.15, -0.1) is 0 Å². The molecule has 1 fully saturated rings. The fraction of sp³-hybridized carbons (Fsp3) is 0.500. The van der Waals surface area contributed by atoms with Crippen molar-refractivity contribution in [1.82, 2.24) is 4.90 Å². The second-order valence-electron chi connectivity index (χ2n) is 4.94. The number of benzene rings is 1. The summed E-state index contributed by atoms with van der Waals surface area (Å²) in [7, 11) is 0. The first-order valence-corrected chi connectivity index (χ1v) is 7.06. The van der Waals surface area contributed by atoms with Crippen LogP contribution in [0, 0.1) is 5.92 Å². The Balaban J connectivity index is 1.93. The number of likely N-dealkylation sites (tertiary alicyclic amines) is 1. The monoisotopic (exact) mass is 311 g/mol. The van der Waals surface area contributed by atoms with Crippen molar-refractivity contribution in [3.05, 3.63) is 34.3 Å². The summed E-state index contributed by atoms with van der Waals surface area (Å²) in [6.07, 6.45) is 1.02. The zero-order chi connectivity index (χ0) is 13.1. The van der Waals surface area contributed by atoms with Crippen molar-refractivity contribution in [2.45, 2.75) is 25.9 Å². The van der Waals surface area contributed by atoms with E-state index in [1.165, 1.54) is 0 Å². The normalized spacial score (nSPS) is 21.1. The van der Waals surface area contributed by atoms with Crippen LogP contribution in [-0.4, -0.2) is 35.1 Å². The smallest absolute Gasteiger partial charge is 0.227 e. The number of carbonyl (C=O) groups is 1. The summed E-state index contributed by atoms with van der Waals surface area (Å²) in [4.78, 5) is 14.0. The van der Waals surface area contributed by atoms with E-state index in [0.29, 0.717) is 13.0 Å². The molecule has 0 spiro atoms. The molecule has 1 heterocycles. The number of rotatable bonds is 3. The van der Waals surface area contributed by atoms with Crippen LogP contribution in [0.25, 0.3) is 0 Å². The van der Waals surface area contributed by atoms with Gasteiger partial charge in [0, 0.05) is 23.5 Å². The Morgan fingerprint density at radius 2 is 2.39 bits per heavy atom. The van der Waals surface area contributed by atoms with E-state index in [1.807, 2.05) is 29.2 Å². The van der Waals surface area contributed by atoms with Gasteiger partial charge in [0.25, 0.3) is 0 Å². The van der Waals surface area contributed by atoms with Gasteiger partial charge in [0.1, 0.15) is 0 Å². The molecular weight excluding hydrogens is 294 g/mol. The van der Waals surface area contributed by atoms with E-state index in [-0.39, 0.29) is 17.9 Å². The molecule has 4 heteroatoms. The van der Waals surface area contributed by atoms with Crippen molar-refractivity contribution in [3.8, 4) is 0 Å². The van der Waals surface area contributed by atoms with E-state index in [1.54, 1.807) is 6.92 Å². The van der Waals surface area contributed by atoms with E-state index in [2.05, 4.69) is 15.9 Å². The third-order valence-corrected chi connectivity index (χ3v) is 4.00. The van der Waals surface area contributed by atoms with Gasteiger partial charge in [-0.2, -0.15) is 0 Å². The zero-order valence-corrected chi connectivity index (χ0v) is 12.1. The van der Waals surface area contributed by atoms with Crippen molar-refractivity contribution in [3.63, 3.8) is 0 Å². The fourth-order valence-corrected chi connectivity index (χ4v) is 2.79. The molecule has 1 aliphatic rings. The minimum atomic E-state index is -0.325. The Bertz CT molecular complexity index is 434. The van der Waals surface area contributed by atoms with Gasteiger partial charge in [-0.05, 0) is 31.0 Å². The topological polar surface area (TPSA) is 40.5 Å². The first-order valence-electron chi connectivity index (χ1n) is 6.26. The van der Waals surface area contributed by atoms with Crippen molar-refractivity contribution < 1.29 is 9.90 Å². The highest BCUT2D eigenvalue weighted by molar-refractivity contribution is 9.10. The molecule has 1 aromatic carbocycles. The molecule has 1 aliphatic heterocycles. The Labute approximate surface area is 116 Å². The number of amides is 1. The molecule has 1 N–H and O–H groups in total. The third-order valence-electron chi connectivity index (χ3n) is 3.50. The molecule has 2 atom stereocenters. The largest absolute Gasteiger partial charge is 0.393 e. The second-order valence-corrected chi connectivity index (χ2v) is 5.85. The molecule has 0 saturated carbocycles. The molecule has 3 nitrogen and oxygen atoms in total. The molecule has 0 aliphatic carbocycles. The molecular formula is C14H18BrNO2. The highest BCUT2D eigenvalue weighted by atomic mass is 79.9. The number of carbonyl (C=O) groups excluding carboxylic acids is 1. The maximum Gasteiger partial charge on any atom is 0.227 e. The maximum absolute atomic E-state index is 12.1. The minimum Gasteiger partial charge on any atom is -0.393 e. The van der Waals surface area contributed by atoms with Crippen LogP contribution in [0.15, 0.2) is 28.7 Å². The molecule has 0 bridgehead atoms. The number of nitrogens with zero attached hydrogens (tertiary/aromatic N) is 1. The van der Waals surface area contributed by atoms with Gasteiger partial charge in [0.2, 0.25) is 5.91 Å². The van der Waals surface area contributed by atoms with Gasteiger partial charge in [-0.3, -0.25) is 4.79 Å². The van der Waals surface area contributed by atoms with Crippen LogP contribution in [0.2, 0.25) is 0 Å². The van der Waals surface area contributed by atoms with Crippen molar-refractivity contribution in [2.24, 2.45) is 5.92 Å². The predicted molar refractivity (Wildman–Crippen MR) is 74.2 cm³/mol. The number of hydrogen-bond acceptors (Lipinski definition) is 2. The third kappa shape index (κ3) is 3.33. The average molecular weight is 312 g/mol. The second kappa shape index (κ2) is 5.85. The highest BCUT2D eigenvalue weighted by Gasteiger charge is 2.28. The molecule has 18 heavy (non-hydrogen) atoms. The van der Waals surface area contributed by atoms with Gasteiger partial charge < -0.3 is 10.0 Å². The lowest BCUT2D eigenvalue weighted by atomic mass is 10.0. The lowest BCUT2D eigenvalue weighted by Crippen LogP contribution is -2.31. The Kier molecular flexibility index (Phi) is 4.40. The standard InChI is InChI=1S/C14H18BrNO2/c1-10(17)12-5-6-16(9-12)14(18)8-11-3-2-4-13(15)7-11/h2-4,7,10,12,17H,5-6,8-9H2,1H3. The lowest BCUT2D eigenvalue weighted by molar-refractivity contribution is -0.129. The Morgan fingerprint density at radius 1 is 1.61 bits per heavy atom. The highest BCUT2D eigenvalue weighted by Crippen LogP contribution is 2.21. The Morgan fingerprint density at radius 3 is 3.00 bits per heavy atom. The van der Waals surface area contributed by atoms with Crippen LogP contribution in [0.3, 0.4) is 0 Å². The van der Waals surface area contributed by atoms with Crippen LogP contribution in [-0.2, 0) is 11.2 Å². The summed E-state index contributed by atoms with van der Waals surface area (Å²) >= 11 is 3.41. The van der Waals surface area contributed by atoms with Crippen LogP contribution >= 0.6 is 15.9 Å². The molecule has 2 unspecified atom stereocenters. The summed E-state index contributed by atoms with van der Waals surface area (Å²) in [6.45, 7) is 3.25. The van der Waals surface area contributed by atoms with Gasteiger partial charge in [-0.1, -0.05) is 28.1 Å². The van der Waals surface area contributed by atoms with Crippen molar-refractivity contribution in [1.29, 1.82) is 0 Å². The quantitative estimate of drug-likeness (QED) is 0.930. The average Bonchev–Trinajstić information content (AvgIpc) is 2.78. The number of aliphatic hydroxyl groups is 1. The van der Waals surface area contributed by atoms with E-state index >= 15 is 0 Å². The molecule has 1 amide bonds.